The molecule has 78 valence electrons. The van der Waals surface area contributed by atoms with E-state index < -0.39 is 5.91 Å². The third-order valence-corrected chi connectivity index (χ3v) is 1.75. The number of hydrogen-bond acceptors (Lipinski definition) is 2. The monoisotopic (exact) mass is 204 g/mol. The van der Waals surface area contributed by atoms with Gasteiger partial charge in [-0.1, -0.05) is 18.2 Å². The molecule has 0 aromatic heterocycles. The van der Waals surface area contributed by atoms with Gasteiger partial charge in [0, 0.05) is 17.3 Å². The normalized spacial score (nSPS) is 10.9. The number of benzene rings is 1. The molecule has 3 N–H and O–H groups in total. The first-order valence-corrected chi connectivity index (χ1v) is 4.43. The Labute approximate surface area is 87.8 Å². The van der Waals surface area contributed by atoms with Crippen LogP contribution in [0.4, 0.5) is 5.69 Å². The number of carbonyl (C=O) groups is 2. The summed E-state index contributed by atoms with van der Waals surface area (Å²) in [4.78, 5) is 22.0. The Bertz CT molecular complexity index is 396. The van der Waals surface area contributed by atoms with Gasteiger partial charge in [-0.15, -0.1) is 0 Å². The van der Waals surface area contributed by atoms with E-state index in [1.807, 2.05) is 18.2 Å². The van der Waals surface area contributed by atoms with E-state index in [9.17, 15) is 9.59 Å². The maximum atomic E-state index is 11.5. The summed E-state index contributed by atoms with van der Waals surface area (Å²) in [7, 11) is 0. The molecule has 0 saturated carbocycles. The second-order valence-corrected chi connectivity index (χ2v) is 3.05. The second-order valence-electron chi connectivity index (χ2n) is 3.05. The minimum Gasteiger partial charge on any atom is -0.366 e. The van der Waals surface area contributed by atoms with Gasteiger partial charge in [0.05, 0.1) is 0 Å². The molecular weight excluding hydrogens is 192 g/mol. The van der Waals surface area contributed by atoms with Crippen LogP contribution in [0.3, 0.4) is 0 Å². The van der Waals surface area contributed by atoms with E-state index in [2.05, 4.69) is 5.32 Å². The van der Waals surface area contributed by atoms with Gasteiger partial charge in [-0.25, -0.2) is 0 Å². The van der Waals surface area contributed by atoms with Gasteiger partial charge < -0.3 is 11.1 Å². The van der Waals surface area contributed by atoms with Gasteiger partial charge in [0.25, 0.3) is 5.91 Å². The molecule has 0 fully saturated rings. The highest BCUT2D eigenvalue weighted by molar-refractivity contribution is 6.06. The highest BCUT2D eigenvalue weighted by Gasteiger charge is 2.04. The van der Waals surface area contributed by atoms with Gasteiger partial charge in [0.15, 0.2) is 0 Å². The van der Waals surface area contributed by atoms with E-state index in [0.29, 0.717) is 5.69 Å². The van der Waals surface area contributed by atoms with Gasteiger partial charge in [-0.3, -0.25) is 9.59 Å². The number of primary amides is 1. The summed E-state index contributed by atoms with van der Waals surface area (Å²) in [6.45, 7) is 1.53. The van der Waals surface area contributed by atoms with Gasteiger partial charge in [0.1, 0.15) is 0 Å². The van der Waals surface area contributed by atoms with E-state index in [-0.39, 0.29) is 11.5 Å². The van der Waals surface area contributed by atoms with E-state index in [1.165, 1.54) is 6.92 Å². The molecule has 0 unspecified atom stereocenters. The van der Waals surface area contributed by atoms with Crippen molar-refractivity contribution in [2.45, 2.75) is 6.92 Å². The molecule has 0 bridgehead atoms. The van der Waals surface area contributed by atoms with Crippen molar-refractivity contribution in [3.8, 4) is 0 Å². The Morgan fingerprint density at radius 2 is 1.87 bits per heavy atom. The number of nitrogens with two attached hydrogens (primary N) is 1. The molecule has 0 spiro atoms. The summed E-state index contributed by atoms with van der Waals surface area (Å²) in [6, 6.07) is 8.98. The van der Waals surface area contributed by atoms with Crippen molar-refractivity contribution >= 4 is 17.5 Å². The maximum Gasteiger partial charge on any atom is 0.251 e. The lowest BCUT2D eigenvalue weighted by atomic mass is 10.2. The van der Waals surface area contributed by atoms with Crippen LogP contribution in [-0.2, 0) is 9.59 Å². The third-order valence-electron chi connectivity index (χ3n) is 1.75. The van der Waals surface area contributed by atoms with Gasteiger partial charge in [-0.2, -0.15) is 0 Å². The fourth-order valence-corrected chi connectivity index (χ4v) is 1.03. The summed E-state index contributed by atoms with van der Waals surface area (Å²) in [6.07, 6.45) is 1.10. The van der Waals surface area contributed by atoms with Crippen molar-refractivity contribution in [3.05, 3.63) is 42.0 Å². The minimum absolute atomic E-state index is 0.284. The average molecular weight is 204 g/mol. The van der Waals surface area contributed by atoms with Crippen LogP contribution < -0.4 is 11.1 Å². The predicted molar refractivity (Wildman–Crippen MR) is 58.0 cm³/mol. The molecule has 1 aromatic carbocycles. The van der Waals surface area contributed by atoms with Crippen LogP contribution in [0.15, 0.2) is 42.0 Å². The summed E-state index contributed by atoms with van der Waals surface area (Å²) >= 11 is 0. The topological polar surface area (TPSA) is 72.2 Å². The van der Waals surface area contributed by atoms with Gasteiger partial charge in [0.2, 0.25) is 5.91 Å². The zero-order valence-corrected chi connectivity index (χ0v) is 8.36. The molecule has 0 aliphatic rings. The lowest BCUT2D eigenvalue weighted by molar-refractivity contribution is -0.115. The second kappa shape index (κ2) is 4.95. The van der Waals surface area contributed by atoms with Gasteiger partial charge in [-0.05, 0) is 19.1 Å². The van der Waals surface area contributed by atoms with Crippen LogP contribution in [0.2, 0.25) is 0 Å². The molecular formula is C11H12N2O2. The van der Waals surface area contributed by atoms with Crippen molar-refractivity contribution < 1.29 is 9.59 Å². The SMILES string of the molecule is C/C(=C\C(N)=O)C(=O)Nc1ccccc1. The predicted octanol–water partition coefficient (Wildman–Crippen LogP) is 1.06. The lowest BCUT2D eigenvalue weighted by Gasteiger charge is -2.03. The number of hydrogen-bond donors (Lipinski definition) is 2. The number of anilines is 1. The molecule has 0 radical (unpaired) electrons. The van der Waals surface area contributed by atoms with E-state index in [4.69, 9.17) is 5.73 Å². The smallest absolute Gasteiger partial charge is 0.251 e. The first kappa shape index (κ1) is 11.0. The molecule has 4 heteroatoms. The first-order valence-electron chi connectivity index (χ1n) is 4.43. The molecule has 4 nitrogen and oxygen atoms in total. The summed E-state index contributed by atoms with van der Waals surface area (Å²) < 4.78 is 0. The van der Waals surface area contributed by atoms with Crippen LogP contribution >= 0.6 is 0 Å². The molecule has 0 aliphatic carbocycles. The molecule has 0 heterocycles. The Balaban J connectivity index is 2.68. The lowest BCUT2D eigenvalue weighted by Crippen LogP contribution is -2.15. The summed E-state index contributed by atoms with van der Waals surface area (Å²) in [5, 5.41) is 2.63. The maximum absolute atomic E-state index is 11.5. The van der Waals surface area contributed by atoms with Crippen LogP contribution in [0.1, 0.15) is 6.92 Å². The van der Waals surface area contributed by atoms with Crippen molar-refractivity contribution in [2.24, 2.45) is 5.73 Å². The fourth-order valence-electron chi connectivity index (χ4n) is 1.03. The molecule has 2 amide bonds. The van der Waals surface area contributed by atoms with E-state index in [0.717, 1.165) is 6.08 Å². The number of carbonyl (C=O) groups excluding carboxylic acids is 2. The third kappa shape index (κ3) is 3.64. The Kier molecular flexibility index (Phi) is 3.62. The summed E-state index contributed by atoms with van der Waals surface area (Å²) in [5.74, 6) is -0.962. The van der Waals surface area contributed by atoms with Crippen LogP contribution in [0, 0.1) is 0 Å². The minimum atomic E-state index is -0.629. The quantitative estimate of drug-likeness (QED) is 0.722. The molecule has 0 saturated heterocycles. The Morgan fingerprint density at radius 3 is 2.40 bits per heavy atom. The van der Waals surface area contributed by atoms with Crippen molar-refractivity contribution in [1.29, 1.82) is 0 Å². The zero-order chi connectivity index (χ0) is 11.3. The zero-order valence-electron chi connectivity index (χ0n) is 8.36. The van der Waals surface area contributed by atoms with Crippen molar-refractivity contribution in [1.82, 2.24) is 0 Å². The Hall–Kier alpha value is -2.10. The van der Waals surface area contributed by atoms with E-state index >= 15 is 0 Å². The highest BCUT2D eigenvalue weighted by Crippen LogP contribution is 2.06. The molecule has 1 aromatic rings. The average Bonchev–Trinajstić information content (AvgIpc) is 2.18. The molecule has 1 rings (SSSR count). The molecule has 0 atom stereocenters. The van der Waals surface area contributed by atoms with Crippen LogP contribution in [0.5, 0.6) is 0 Å². The first-order chi connectivity index (χ1) is 7.09. The summed E-state index contributed by atoms with van der Waals surface area (Å²) in [5.41, 5.74) is 5.89. The number of para-hydroxylation sites is 1. The van der Waals surface area contributed by atoms with Crippen LogP contribution in [0.25, 0.3) is 0 Å². The van der Waals surface area contributed by atoms with E-state index in [1.54, 1.807) is 12.1 Å². The largest absolute Gasteiger partial charge is 0.366 e. The fraction of sp³-hybridized carbons (Fsp3) is 0.0909. The molecule has 0 aliphatic heterocycles. The van der Waals surface area contributed by atoms with Crippen molar-refractivity contribution in [3.63, 3.8) is 0 Å². The Morgan fingerprint density at radius 1 is 1.27 bits per heavy atom. The van der Waals surface area contributed by atoms with Gasteiger partial charge >= 0.3 is 0 Å². The van der Waals surface area contributed by atoms with Crippen LogP contribution in [-0.4, -0.2) is 11.8 Å². The molecule has 15 heavy (non-hydrogen) atoms. The number of nitrogens with one attached hydrogen (secondary N) is 1. The number of amides is 2. The standard InChI is InChI=1S/C11H12N2O2/c1-8(7-10(12)14)11(15)13-9-5-3-2-4-6-9/h2-7H,1H3,(H2,12,14)(H,13,15)/b8-7+. The number of rotatable bonds is 3. The van der Waals surface area contributed by atoms with Crippen molar-refractivity contribution in [2.75, 3.05) is 5.32 Å². The highest BCUT2D eigenvalue weighted by atomic mass is 16.2.